The van der Waals surface area contributed by atoms with Crippen LogP contribution < -0.4 is 4.90 Å². The average molecular weight is 1040 g/mol. The van der Waals surface area contributed by atoms with Crippen molar-refractivity contribution in [2.24, 2.45) is 0 Å². The fourth-order valence-electron chi connectivity index (χ4n) is 10.2. The molecule has 0 spiro atoms. The van der Waals surface area contributed by atoms with Crippen LogP contribution >= 0.6 is 0 Å². The maximum absolute atomic E-state index is 15.7. The van der Waals surface area contributed by atoms with Crippen LogP contribution in [0.2, 0.25) is 0 Å². The highest BCUT2D eigenvalue weighted by Crippen LogP contribution is 2.51. The van der Waals surface area contributed by atoms with Gasteiger partial charge in [-0.1, -0.05) is 133 Å². The number of anilines is 1. The summed E-state index contributed by atoms with van der Waals surface area (Å²) in [5.41, 5.74) is -6.02. The van der Waals surface area contributed by atoms with E-state index < -0.39 is 81.0 Å². The maximum Gasteiger partial charge on any atom is 0.417 e. The van der Waals surface area contributed by atoms with E-state index >= 15 is 35.9 Å². The number of fused-ring (bicyclic) bond motifs is 4. The Hall–Kier alpha value is -8.92. The SMILES string of the molecule is O=C1c2cccc(-n3c4cccc(-c5ccc(C(F)(F)F)cc5C(F)(F)F)c4c4c(-c5ccc(C(F)(F)F)cc5C(F)(F)F)cccc43)c2C(=O)N1c1c(-c2ccccc2)cc(-c2ccccc2)cc1-c1ccccc1. The van der Waals surface area contributed by atoms with E-state index in [0.717, 1.165) is 28.2 Å². The molecule has 0 N–H and O–H groups in total. The van der Waals surface area contributed by atoms with Crippen molar-refractivity contribution in [2.75, 3.05) is 4.90 Å². The molecule has 1 aromatic heterocycles. The number of amides is 2. The standard InChI is InChI=1S/C60H32F12N2O2/c61-57(62,63)37-25-27-39(46(31-37)59(67,68)69)41-19-10-22-48-51(41)52-42(40-28-26-38(58(64,65)66)32-47(40)60(70,71)72)20-11-23-49(52)73(48)50-24-12-21-43-53(50)56(76)74(55(43)75)54-44(34-15-6-2-7-16-34)29-36(33-13-4-1-5-14-33)30-45(54)35-17-8-3-9-18-35/h1-32H. The van der Waals surface area contributed by atoms with Gasteiger partial charge in [-0.2, -0.15) is 52.7 Å². The number of nitrogens with zero attached hydrogens (tertiary/aromatic N) is 2. The summed E-state index contributed by atoms with van der Waals surface area (Å²) in [6, 6.07) is 44.6. The van der Waals surface area contributed by atoms with Crippen molar-refractivity contribution in [1.29, 1.82) is 0 Å². The Morgan fingerprint density at radius 1 is 0.316 bits per heavy atom. The molecule has 1 aliphatic rings. The van der Waals surface area contributed by atoms with Crippen molar-refractivity contribution in [3.05, 3.63) is 228 Å². The van der Waals surface area contributed by atoms with Crippen LogP contribution in [0.25, 0.3) is 83.1 Å². The highest BCUT2D eigenvalue weighted by Gasteiger charge is 2.44. The number of imide groups is 1. The Labute approximate surface area is 423 Å². The second-order valence-electron chi connectivity index (χ2n) is 17.9. The molecule has 378 valence electrons. The molecular formula is C60H32F12N2O2. The van der Waals surface area contributed by atoms with Crippen LogP contribution in [0.3, 0.4) is 0 Å². The molecule has 9 aromatic carbocycles. The molecule has 0 fully saturated rings. The minimum absolute atomic E-state index is 0.0805. The van der Waals surface area contributed by atoms with Crippen molar-refractivity contribution in [3.8, 4) is 61.3 Å². The molecule has 11 rings (SSSR count). The van der Waals surface area contributed by atoms with Gasteiger partial charge >= 0.3 is 24.7 Å². The largest absolute Gasteiger partial charge is 0.417 e. The monoisotopic (exact) mass is 1040 g/mol. The number of hydrogen-bond acceptors (Lipinski definition) is 2. The molecule has 0 saturated carbocycles. The lowest BCUT2D eigenvalue weighted by molar-refractivity contribution is -0.144. The van der Waals surface area contributed by atoms with Crippen molar-refractivity contribution in [3.63, 3.8) is 0 Å². The molecule has 0 aliphatic carbocycles. The third-order valence-corrected chi connectivity index (χ3v) is 13.4. The second kappa shape index (κ2) is 17.9. The lowest BCUT2D eigenvalue weighted by atomic mass is 9.90. The van der Waals surface area contributed by atoms with E-state index in [1.165, 1.54) is 47.0 Å². The van der Waals surface area contributed by atoms with E-state index in [1.807, 2.05) is 42.5 Å². The first-order valence-corrected chi connectivity index (χ1v) is 23.1. The summed E-state index contributed by atoms with van der Waals surface area (Å²) in [6.07, 6.45) is -21.3. The van der Waals surface area contributed by atoms with Crippen LogP contribution in [0.4, 0.5) is 58.4 Å². The Bertz CT molecular complexity index is 3780. The van der Waals surface area contributed by atoms with Gasteiger partial charge in [-0.3, -0.25) is 9.59 Å². The van der Waals surface area contributed by atoms with Crippen molar-refractivity contribution in [2.45, 2.75) is 24.7 Å². The predicted octanol–water partition coefficient (Wildman–Crippen LogP) is 18.0. The van der Waals surface area contributed by atoms with Crippen LogP contribution in [0.5, 0.6) is 0 Å². The first-order valence-electron chi connectivity index (χ1n) is 23.1. The molecule has 0 saturated heterocycles. The topological polar surface area (TPSA) is 42.3 Å². The Kier molecular flexibility index (Phi) is 11.6. The molecular weight excluding hydrogens is 1010 g/mol. The van der Waals surface area contributed by atoms with Crippen LogP contribution in [-0.2, 0) is 24.7 Å². The van der Waals surface area contributed by atoms with E-state index in [9.17, 15) is 26.3 Å². The molecule has 2 heterocycles. The Morgan fingerprint density at radius 3 is 1.14 bits per heavy atom. The zero-order chi connectivity index (χ0) is 53.6. The number of hydrogen-bond donors (Lipinski definition) is 0. The Morgan fingerprint density at radius 2 is 0.724 bits per heavy atom. The number of halogens is 12. The van der Waals surface area contributed by atoms with Gasteiger partial charge in [0.15, 0.2) is 0 Å². The molecule has 0 unspecified atom stereocenters. The van der Waals surface area contributed by atoms with Gasteiger partial charge in [-0.15, -0.1) is 0 Å². The van der Waals surface area contributed by atoms with Gasteiger partial charge in [0, 0.05) is 21.9 Å². The number of alkyl halides is 12. The fourth-order valence-corrected chi connectivity index (χ4v) is 10.2. The molecule has 4 nitrogen and oxygen atoms in total. The van der Waals surface area contributed by atoms with Gasteiger partial charge < -0.3 is 4.57 Å². The number of benzene rings is 9. The van der Waals surface area contributed by atoms with E-state index in [-0.39, 0.29) is 56.4 Å². The van der Waals surface area contributed by atoms with Crippen LogP contribution in [0.15, 0.2) is 194 Å². The van der Waals surface area contributed by atoms with Crippen molar-refractivity contribution < 1.29 is 62.3 Å². The highest BCUT2D eigenvalue weighted by molar-refractivity contribution is 6.37. The molecule has 16 heteroatoms. The summed E-state index contributed by atoms with van der Waals surface area (Å²) in [6.45, 7) is 0. The van der Waals surface area contributed by atoms with Crippen molar-refractivity contribution in [1.82, 2.24) is 4.57 Å². The summed E-state index contributed by atoms with van der Waals surface area (Å²) in [5, 5.41) is -0.543. The molecule has 76 heavy (non-hydrogen) atoms. The Balaban J connectivity index is 1.22. The third-order valence-electron chi connectivity index (χ3n) is 13.4. The summed E-state index contributed by atoms with van der Waals surface area (Å²) < 4.78 is 176. The van der Waals surface area contributed by atoms with Gasteiger partial charge in [-0.05, 0) is 105 Å². The minimum atomic E-state index is -5.44. The summed E-state index contributed by atoms with van der Waals surface area (Å²) in [4.78, 5) is 31.9. The first-order chi connectivity index (χ1) is 36.1. The summed E-state index contributed by atoms with van der Waals surface area (Å²) in [5.74, 6) is -1.66. The van der Waals surface area contributed by atoms with E-state index in [0.29, 0.717) is 46.5 Å². The fraction of sp³-hybridized carbons (Fsp3) is 0.0667. The van der Waals surface area contributed by atoms with Crippen LogP contribution in [-0.4, -0.2) is 16.4 Å². The van der Waals surface area contributed by atoms with Crippen LogP contribution in [0, 0.1) is 0 Å². The maximum atomic E-state index is 15.7. The van der Waals surface area contributed by atoms with Gasteiger partial charge in [0.25, 0.3) is 11.8 Å². The summed E-state index contributed by atoms with van der Waals surface area (Å²) >= 11 is 0. The quantitative estimate of drug-likeness (QED) is 0.118. The van der Waals surface area contributed by atoms with Crippen molar-refractivity contribution >= 4 is 39.3 Å². The lowest BCUT2D eigenvalue weighted by Crippen LogP contribution is -2.30. The first kappa shape index (κ1) is 49.3. The summed E-state index contributed by atoms with van der Waals surface area (Å²) in [7, 11) is 0. The number of rotatable bonds is 7. The van der Waals surface area contributed by atoms with E-state index in [2.05, 4.69) is 0 Å². The predicted molar refractivity (Wildman–Crippen MR) is 266 cm³/mol. The zero-order valence-corrected chi connectivity index (χ0v) is 38.7. The minimum Gasteiger partial charge on any atom is -0.308 e. The normalized spacial score (nSPS) is 13.3. The molecule has 1 aliphatic heterocycles. The van der Waals surface area contributed by atoms with Crippen LogP contribution in [0.1, 0.15) is 43.0 Å². The number of carbonyl (C=O) groups excluding carboxylic acids is 2. The van der Waals surface area contributed by atoms with Gasteiger partial charge in [0.2, 0.25) is 0 Å². The number of aromatic nitrogens is 1. The molecule has 10 aromatic rings. The average Bonchev–Trinajstić information content (AvgIpc) is 3.88. The number of carbonyl (C=O) groups is 2. The molecule has 0 bridgehead atoms. The van der Waals surface area contributed by atoms with Gasteiger partial charge in [0.1, 0.15) is 0 Å². The van der Waals surface area contributed by atoms with Gasteiger partial charge in [0.05, 0.1) is 55.8 Å². The smallest absolute Gasteiger partial charge is 0.308 e. The molecule has 0 atom stereocenters. The zero-order valence-electron chi connectivity index (χ0n) is 38.7. The highest BCUT2D eigenvalue weighted by atomic mass is 19.4. The second-order valence-corrected chi connectivity index (χ2v) is 17.9. The third kappa shape index (κ3) is 8.33. The lowest BCUT2D eigenvalue weighted by Gasteiger charge is -2.24. The molecule has 2 amide bonds. The van der Waals surface area contributed by atoms with E-state index in [4.69, 9.17) is 0 Å². The van der Waals surface area contributed by atoms with Gasteiger partial charge in [-0.25, -0.2) is 4.90 Å². The van der Waals surface area contributed by atoms with E-state index in [1.54, 1.807) is 60.7 Å². The molecule has 0 radical (unpaired) electrons.